The van der Waals surface area contributed by atoms with Gasteiger partial charge in [-0.2, -0.15) is 0 Å². The van der Waals surface area contributed by atoms with Crippen molar-refractivity contribution in [2.45, 2.75) is 29.5 Å². The van der Waals surface area contributed by atoms with Crippen molar-refractivity contribution in [3.8, 4) is 0 Å². The number of nitrogens with zero attached hydrogens (tertiary/aromatic N) is 1. The highest BCUT2D eigenvalue weighted by atomic mass is 32.2. The number of aliphatic carboxylic acids is 1. The number of amides is 1. The molecule has 1 saturated heterocycles. The summed E-state index contributed by atoms with van der Waals surface area (Å²) in [6.45, 7) is 2.15. The first-order chi connectivity index (χ1) is 14.0. The van der Waals surface area contributed by atoms with E-state index in [-0.39, 0.29) is 16.3 Å². The van der Waals surface area contributed by atoms with Crippen molar-refractivity contribution in [2.75, 3.05) is 12.3 Å². The summed E-state index contributed by atoms with van der Waals surface area (Å²) in [5, 5.41) is 9.55. The van der Waals surface area contributed by atoms with Crippen molar-refractivity contribution < 1.29 is 19.5 Å². The molecular weight excluding hydrogens is 406 g/mol. The van der Waals surface area contributed by atoms with E-state index in [0.717, 1.165) is 16.7 Å². The summed E-state index contributed by atoms with van der Waals surface area (Å²) in [5.41, 5.74) is 0.598. The summed E-state index contributed by atoms with van der Waals surface area (Å²) in [5.74, 6) is -1.29. The van der Waals surface area contributed by atoms with Gasteiger partial charge >= 0.3 is 5.97 Å². The molecule has 2 aromatic carbocycles. The van der Waals surface area contributed by atoms with Crippen molar-refractivity contribution in [3.05, 3.63) is 66.2 Å². The molecule has 0 bridgehead atoms. The SMILES string of the molecule is C[C@@H](CSC(=O)c1ccccc1)C(=O)N1C[C@H](Sc2ccccc2)C[C@H]1C(=O)O. The molecule has 29 heavy (non-hydrogen) atoms. The van der Waals surface area contributed by atoms with Gasteiger partial charge in [-0.1, -0.05) is 67.2 Å². The van der Waals surface area contributed by atoms with E-state index in [2.05, 4.69) is 0 Å². The molecule has 1 aliphatic heterocycles. The molecule has 3 atom stereocenters. The number of benzene rings is 2. The van der Waals surface area contributed by atoms with Gasteiger partial charge in [0.2, 0.25) is 11.0 Å². The molecular formula is C22H23NO4S2. The van der Waals surface area contributed by atoms with E-state index < -0.39 is 17.9 Å². The van der Waals surface area contributed by atoms with Crippen molar-refractivity contribution >= 4 is 40.5 Å². The van der Waals surface area contributed by atoms with Crippen LogP contribution in [0.4, 0.5) is 0 Å². The number of carbonyl (C=O) groups excluding carboxylic acids is 2. The Labute approximate surface area is 178 Å². The summed E-state index contributed by atoms with van der Waals surface area (Å²) in [6.07, 6.45) is 0.420. The second kappa shape index (κ2) is 9.98. The lowest BCUT2D eigenvalue weighted by Gasteiger charge is -2.24. The number of rotatable bonds is 7. The lowest BCUT2D eigenvalue weighted by molar-refractivity contribution is -0.149. The van der Waals surface area contributed by atoms with E-state index in [9.17, 15) is 19.5 Å². The summed E-state index contributed by atoms with van der Waals surface area (Å²) < 4.78 is 0. The van der Waals surface area contributed by atoms with Crippen LogP contribution in [0.3, 0.4) is 0 Å². The molecule has 1 heterocycles. The van der Waals surface area contributed by atoms with Crippen LogP contribution in [0.1, 0.15) is 23.7 Å². The van der Waals surface area contributed by atoms with E-state index in [0.29, 0.717) is 24.3 Å². The van der Waals surface area contributed by atoms with Gasteiger partial charge in [-0.05, 0) is 18.6 Å². The molecule has 1 fully saturated rings. The first kappa shape index (κ1) is 21.5. The van der Waals surface area contributed by atoms with Crippen LogP contribution < -0.4 is 0 Å². The van der Waals surface area contributed by atoms with E-state index in [1.54, 1.807) is 43.0 Å². The largest absolute Gasteiger partial charge is 0.480 e. The van der Waals surface area contributed by atoms with Gasteiger partial charge in [0.1, 0.15) is 6.04 Å². The number of hydrogen-bond donors (Lipinski definition) is 1. The molecule has 0 spiro atoms. The third-order valence-corrected chi connectivity index (χ3v) is 7.16. The van der Waals surface area contributed by atoms with E-state index in [1.165, 1.54) is 4.90 Å². The van der Waals surface area contributed by atoms with Crippen LogP contribution >= 0.6 is 23.5 Å². The van der Waals surface area contributed by atoms with Crippen LogP contribution in [-0.2, 0) is 9.59 Å². The zero-order chi connectivity index (χ0) is 20.8. The smallest absolute Gasteiger partial charge is 0.326 e. The molecule has 7 heteroatoms. The Morgan fingerprint density at radius 2 is 1.69 bits per heavy atom. The number of hydrogen-bond acceptors (Lipinski definition) is 5. The van der Waals surface area contributed by atoms with Gasteiger partial charge in [0, 0.05) is 33.9 Å². The van der Waals surface area contributed by atoms with Crippen LogP contribution in [-0.4, -0.2) is 50.6 Å². The van der Waals surface area contributed by atoms with Gasteiger partial charge in [0.05, 0.1) is 0 Å². The summed E-state index contributed by atoms with van der Waals surface area (Å²) in [6, 6.07) is 17.9. The molecule has 2 aromatic rings. The van der Waals surface area contributed by atoms with E-state index in [4.69, 9.17) is 0 Å². The Morgan fingerprint density at radius 1 is 1.07 bits per heavy atom. The van der Waals surface area contributed by atoms with Crippen LogP contribution in [0.2, 0.25) is 0 Å². The molecule has 1 N–H and O–H groups in total. The first-order valence-corrected chi connectivity index (χ1v) is 11.3. The maximum absolute atomic E-state index is 12.9. The molecule has 152 valence electrons. The van der Waals surface area contributed by atoms with Gasteiger partial charge < -0.3 is 10.0 Å². The number of carbonyl (C=O) groups is 3. The second-order valence-electron chi connectivity index (χ2n) is 7.00. The Balaban J connectivity index is 1.59. The standard InChI is InChI=1S/C22H23NO4S2/c1-15(14-28-22(27)16-8-4-2-5-9-16)20(24)23-13-18(12-19(23)21(25)26)29-17-10-6-3-7-11-17/h2-11,15,18-19H,12-14H2,1H3,(H,25,26)/t15-,18+,19-/m0/s1. The Kier molecular flexibility index (Phi) is 7.39. The number of thioether (sulfide) groups is 2. The molecule has 0 saturated carbocycles. The number of carboxylic acids is 1. The third-order valence-electron chi connectivity index (χ3n) is 4.77. The van der Waals surface area contributed by atoms with Gasteiger partial charge in [0.25, 0.3) is 0 Å². The predicted octanol–water partition coefficient (Wildman–Crippen LogP) is 4.04. The molecule has 0 unspecified atom stereocenters. The minimum absolute atomic E-state index is 0.0354. The number of likely N-dealkylation sites (tertiary alicyclic amines) is 1. The molecule has 1 aliphatic rings. The van der Waals surface area contributed by atoms with Crippen LogP contribution in [0.5, 0.6) is 0 Å². The van der Waals surface area contributed by atoms with E-state index >= 15 is 0 Å². The summed E-state index contributed by atoms with van der Waals surface area (Å²) in [7, 11) is 0. The fourth-order valence-electron chi connectivity index (χ4n) is 3.26. The van der Waals surface area contributed by atoms with Crippen molar-refractivity contribution in [1.29, 1.82) is 0 Å². The number of carboxylic acid groups (broad SMARTS) is 1. The maximum atomic E-state index is 12.9. The first-order valence-electron chi connectivity index (χ1n) is 9.43. The average molecular weight is 430 g/mol. The molecule has 0 aromatic heterocycles. The van der Waals surface area contributed by atoms with Crippen LogP contribution in [0.15, 0.2) is 65.6 Å². The summed E-state index contributed by atoms with van der Waals surface area (Å²) >= 11 is 2.70. The Morgan fingerprint density at radius 3 is 2.31 bits per heavy atom. The monoisotopic (exact) mass is 429 g/mol. The fourth-order valence-corrected chi connectivity index (χ4v) is 5.32. The van der Waals surface area contributed by atoms with Crippen LogP contribution in [0, 0.1) is 5.92 Å². The minimum atomic E-state index is -0.977. The second-order valence-corrected chi connectivity index (χ2v) is 9.37. The Bertz CT molecular complexity index is 860. The van der Waals surface area contributed by atoms with Crippen molar-refractivity contribution in [1.82, 2.24) is 4.90 Å². The van der Waals surface area contributed by atoms with Crippen molar-refractivity contribution in [2.24, 2.45) is 5.92 Å². The van der Waals surface area contributed by atoms with E-state index in [1.807, 2.05) is 36.4 Å². The van der Waals surface area contributed by atoms with Gasteiger partial charge in [0.15, 0.2) is 0 Å². The zero-order valence-corrected chi connectivity index (χ0v) is 17.7. The van der Waals surface area contributed by atoms with Gasteiger partial charge in [-0.15, -0.1) is 11.8 Å². The lowest BCUT2D eigenvalue weighted by atomic mass is 10.1. The maximum Gasteiger partial charge on any atom is 0.326 e. The minimum Gasteiger partial charge on any atom is -0.480 e. The molecule has 5 nitrogen and oxygen atoms in total. The quantitative estimate of drug-likeness (QED) is 0.716. The van der Waals surface area contributed by atoms with Gasteiger partial charge in [-0.3, -0.25) is 9.59 Å². The predicted molar refractivity (Wildman–Crippen MR) is 116 cm³/mol. The molecule has 3 rings (SSSR count). The highest BCUT2D eigenvalue weighted by Crippen LogP contribution is 2.34. The zero-order valence-electron chi connectivity index (χ0n) is 16.1. The van der Waals surface area contributed by atoms with Crippen molar-refractivity contribution in [3.63, 3.8) is 0 Å². The lowest BCUT2D eigenvalue weighted by Crippen LogP contribution is -2.43. The molecule has 0 radical (unpaired) electrons. The highest BCUT2D eigenvalue weighted by molar-refractivity contribution is 8.14. The van der Waals surface area contributed by atoms with Crippen LogP contribution in [0.25, 0.3) is 0 Å². The normalized spacial score (nSPS) is 19.7. The molecule has 1 amide bonds. The summed E-state index contributed by atoms with van der Waals surface area (Å²) in [4.78, 5) is 39.5. The van der Waals surface area contributed by atoms with Gasteiger partial charge in [-0.25, -0.2) is 4.79 Å². The third kappa shape index (κ3) is 5.64. The average Bonchev–Trinajstić information content (AvgIpc) is 3.16. The highest BCUT2D eigenvalue weighted by Gasteiger charge is 2.41. The fraction of sp³-hybridized carbons (Fsp3) is 0.318. The Hall–Kier alpha value is -2.25. The topological polar surface area (TPSA) is 74.7 Å². The molecule has 0 aliphatic carbocycles.